The third-order valence-corrected chi connectivity index (χ3v) is 3.57. The van der Waals surface area contributed by atoms with Gasteiger partial charge < -0.3 is 10.2 Å². The van der Waals surface area contributed by atoms with Crippen LogP contribution in [0.5, 0.6) is 0 Å². The van der Waals surface area contributed by atoms with E-state index in [-0.39, 0.29) is 5.12 Å². The Hall–Kier alpha value is -1.43. The Bertz CT molecular complexity index is 467. The SMILES string of the molecule is CC(=O)SCCC(O)C(O)c1ccc(/C=C/C=O)cc1. The maximum Gasteiger partial charge on any atom is 0.185 e. The lowest BCUT2D eigenvalue weighted by Crippen LogP contribution is -2.19. The number of aliphatic hydroxyl groups excluding tert-OH is 2. The fraction of sp³-hybridized carbons (Fsp3) is 0.333. The van der Waals surface area contributed by atoms with Gasteiger partial charge in [0, 0.05) is 12.7 Å². The fourth-order valence-electron chi connectivity index (χ4n) is 1.66. The average molecular weight is 294 g/mol. The van der Waals surface area contributed by atoms with Crippen molar-refractivity contribution in [1.82, 2.24) is 0 Å². The number of aldehydes is 1. The smallest absolute Gasteiger partial charge is 0.185 e. The second-order valence-electron chi connectivity index (χ2n) is 4.30. The van der Waals surface area contributed by atoms with E-state index < -0.39 is 12.2 Å². The summed E-state index contributed by atoms with van der Waals surface area (Å²) in [7, 11) is 0. The molecule has 0 radical (unpaired) electrons. The highest BCUT2D eigenvalue weighted by atomic mass is 32.2. The molecule has 0 aliphatic rings. The summed E-state index contributed by atoms with van der Waals surface area (Å²) in [5.41, 5.74) is 1.45. The van der Waals surface area contributed by atoms with E-state index in [1.165, 1.54) is 13.0 Å². The monoisotopic (exact) mass is 294 g/mol. The lowest BCUT2D eigenvalue weighted by molar-refractivity contribution is -0.109. The van der Waals surface area contributed by atoms with Gasteiger partial charge in [-0.15, -0.1) is 0 Å². The van der Waals surface area contributed by atoms with Gasteiger partial charge in [0.1, 0.15) is 12.4 Å². The third kappa shape index (κ3) is 5.69. The first-order valence-electron chi connectivity index (χ1n) is 6.26. The molecule has 0 saturated carbocycles. The Morgan fingerprint density at radius 2 is 1.95 bits per heavy atom. The average Bonchev–Trinajstić information content (AvgIpc) is 2.44. The molecule has 1 aromatic carbocycles. The molecule has 2 unspecified atom stereocenters. The molecule has 4 nitrogen and oxygen atoms in total. The highest BCUT2D eigenvalue weighted by Crippen LogP contribution is 2.21. The van der Waals surface area contributed by atoms with Crippen LogP contribution in [0.3, 0.4) is 0 Å². The van der Waals surface area contributed by atoms with Gasteiger partial charge in [0.2, 0.25) is 0 Å². The van der Waals surface area contributed by atoms with Crippen molar-refractivity contribution >= 4 is 29.2 Å². The minimum absolute atomic E-state index is 0.00184. The van der Waals surface area contributed by atoms with Crippen molar-refractivity contribution in [3.63, 3.8) is 0 Å². The molecule has 1 rings (SSSR count). The van der Waals surface area contributed by atoms with Crippen molar-refractivity contribution in [3.8, 4) is 0 Å². The molecule has 2 N–H and O–H groups in total. The summed E-state index contributed by atoms with van der Waals surface area (Å²) in [6, 6.07) is 6.93. The maximum atomic E-state index is 10.8. The number of allylic oxidation sites excluding steroid dienone is 1. The van der Waals surface area contributed by atoms with Gasteiger partial charge in [-0.1, -0.05) is 42.1 Å². The quantitative estimate of drug-likeness (QED) is 0.594. The number of carbonyl (C=O) groups excluding carboxylic acids is 2. The van der Waals surface area contributed by atoms with Gasteiger partial charge in [0.05, 0.1) is 6.10 Å². The molecule has 2 atom stereocenters. The summed E-state index contributed by atoms with van der Waals surface area (Å²) in [6.07, 6.45) is 2.20. The van der Waals surface area contributed by atoms with Crippen LogP contribution in [0.1, 0.15) is 30.6 Å². The molecule has 0 heterocycles. The topological polar surface area (TPSA) is 74.6 Å². The standard InChI is InChI=1S/C15H18O4S/c1-11(17)20-10-8-14(18)15(19)13-6-4-12(5-7-13)3-2-9-16/h2-7,9,14-15,18-19H,8,10H2,1H3/b3-2+. The lowest BCUT2D eigenvalue weighted by atomic mass is 10.0. The Morgan fingerprint density at radius 3 is 2.50 bits per heavy atom. The normalized spacial score (nSPS) is 14.2. The van der Waals surface area contributed by atoms with E-state index >= 15 is 0 Å². The molecule has 108 valence electrons. The van der Waals surface area contributed by atoms with Crippen LogP contribution in [0.4, 0.5) is 0 Å². The van der Waals surface area contributed by atoms with Crippen LogP contribution in [-0.4, -0.2) is 33.5 Å². The Balaban J connectivity index is 2.57. The molecule has 0 bridgehead atoms. The van der Waals surface area contributed by atoms with E-state index in [0.29, 0.717) is 24.0 Å². The number of rotatable bonds is 7. The zero-order chi connectivity index (χ0) is 15.0. The predicted octanol–water partition coefficient (Wildman–Crippen LogP) is 1.96. The second kappa shape index (κ2) is 8.68. The number of carbonyl (C=O) groups is 2. The van der Waals surface area contributed by atoms with Crippen molar-refractivity contribution in [1.29, 1.82) is 0 Å². The van der Waals surface area contributed by atoms with E-state index in [1.54, 1.807) is 30.3 Å². The highest BCUT2D eigenvalue weighted by molar-refractivity contribution is 8.13. The number of hydrogen-bond acceptors (Lipinski definition) is 5. The molecule has 0 amide bonds. The molecule has 0 spiro atoms. The van der Waals surface area contributed by atoms with Crippen molar-refractivity contribution < 1.29 is 19.8 Å². The van der Waals surface area contributed by atoms with E-state index in [9.17, 15) is 19.8 Å². The lowest BCUT2D eigenvalue weighted by Gasteiger charge is -2.17. The van der Waals surface area contributed by atoms with Crippen LogP contribution in [0.15, 0.2) is 30.3 Å². The summed E-state index contributed by atoms with van der Waals surface area (Å²) in [5.74, 6) is 0.480. The number of benzene rings is 1. The summed E-state index contributed by atoms with van der Waals surface area (Å²) in [4.78, 5) is 21.0. The molecular formula is C15H18O4S. The first-order valence-corrected chi connectivity index (χ1v) is 7.24. The second-order valence-corrected chi connectivity index (χ2v) is 5.57. The van der Waals surface area contributed by atoms with Gasteiger partial charge >= 0.3 is 0 Å². The minimum atomic E-state index is -0.980. The molecule has 0 aromatic heterocycles. The van der Waals surface area contributed by atoms with Gasteiger partial charge in [-0.05, 0) is 23.6 Å². The van der Waals surface area contributed by atoms with Crippen LogP contribution in [-0.2, 0) is 9.59 Å². The molecule has 0 aliphatic carbocycles. The van der Waals surface area contributed by atoms with E-state index in [0.717, 1.165) is 17.3 Å². The zero-order valence-corrected chi connectivity index (χ0v) is 12.0. The summed E-state index contributed by atoms with van der Waals surface area (Å²) >= 11 is 1.13. The number of hydrogen-bond donors (Lipinski definition) is 2. The van der Waals surface area contributed by atoms with Crippen LogP contribution in [0, 0.1) is 0 Å². The third-order valence-electron chi connectivity index (χ3n) is 2.73. The number of thioether (sulfide) groups is 1. The van der Waals surface area contributed by atoms with E-state index in [1.807, 2.05) is 0 Å². The molecule has 0 fully saturated rings. The first-order chi connectivity index (χ1) is 9.54. The van der Waals surface area contributed by atoms with Crippen LogP contribution in [0.25, 0.3) is 6.08 Å². The summed E-state index contributed by atoms with van der Waals surface area (Å²) in [6.45, 7) is 1.47. The molecule has 5 heteroatoms. The van der Waals surface area contributed by atoms with Gasteiger partial charge in [0.15, 0.2) is 5.12 Å². The first kappa shape index (κ1) is 16.6. The predicted molar refractivity (Wildman–Crippen MR) is 80.3 cm³/mol. The van der Waals surface area contributed by atoms with E-state index in [2.05, 4.69) is 0 Å². The van der Waals surface area contributed by atoms with Crippen molar-refractivity contribution in [2.24, 2.45) is 0 Å². The largest absolute Gasteiger partial charge is 0.390 e. The van der Waals surface area contributed by atoms with Crippen LogP contribution in [0.2, 0.25) is 0 Å². The zero-order valence-electron chi connectivity index (χ0n) is 11.2. The van der Waals surface area contributed by atoms with Crippen molar-refractivity contribution in [3.05, 3.63) is 41.5 Å². The van der Waals surface area contributed by atoms with Gasteiger partial charge in [-0.3, -0.25) is 9.59 Å². The summed E-state index contributed by atoms with van der Waals surface area (Å²) in [5, 5.41) is 19.9. The van der Waals surface area contributed by atoms with Crippen LogP contribution >= 0.6 is 11.8 Å². The van der Waals surface area contributed by atoms with Crippen molar-refractivity contribution in [2.75, 3.05) is 5.75 Å². The van der Waals surface area contributed by atoms with Gasteiger partial charge in [-0.2, -0.15) is 0 Å². The van der Waals surface area contributed by atoms with Gasteiger partial charge in [-0.25, -0.2) is 0 Å². The molecule has 0 aliphatic heterocycles. The highest BCUT2D eigenvalue weighted by Gasteiger charge is 2.18. The summed E-state index contributed by atoms with van der Waals surface area (Å²) < 4.78 is 0. The molecule has 0 saturated heterocycles. The van der Waals surface area contributed by atoms with E-state index in [4.69, 9.17) is 0 Å². The minimum Gasteiger partial charge on any atom is -0.390 e. The fourth-order valence-corrected chi connectivity index (χ4v) is 2.30. The Labute approximate surface area is 122 Å². The van der Waals surface area contributed by atoms with Gasteiger partial charge in [0.25, 0.3) is 0 Å². The Morgan fingerprint density at radius 1 is 1.30 bits per heavy atom. The number of aliphatic hydroxyl groups is 2. The molecular weight excluding hydrogens is 276 g/mol. The maximum absolute atomic E-state index is 10.8. The molecule has 1 aromatic rings. The van der Waals surface area contributed by atoms with Crippen LogP contribution < -0.4 is 0 Å². The molecule has 20 heavy (non-hydrogen) atoms. The Kier molecular flexibility index (Phi) is 7.22. The van der Waals surface area contributed by atoms with Crippen molar-refractivity contribution in [2.45, 2.75) is 25.6 Å².